The first-order valence-electron chi connectivity index (χ1n) is 6.65. The lowest BCUT2D eigenvalue weighted by atomic mass is 10.1. The molecule has 2 N–H and O–H groups in total. The fourth-order valence-corrected chi connectivity index (χ4v) is 2.00. The summed E-state index contributed by atoms with van der Waals surface area (Å²) in [5, 5.41) is 9.20. The Balaban J connectivity index is 2.18. The van der Waals surface area contributed by atoms with Gasteiger partial charge in [-0.1, -0.05) is 11.2 Å². The van der Waals surface area contributed by atoms with Gasteiger partial charge in [0.15, 0.2) is 0 Å². The minimum Gasteiger partial charge on any atom is -0.361 e. The molecule has 0 saturated carbocycles. The normalized spacial score (nSPS) is 10.2. The summed E-state index contributed by atoms with van der Waals surface area (Å²) in [6.45, 7) is 5.78. The third-order valence-electron chi connectivity index (χ3n) is 2.98. The van der Waals surface area contributed by atoms with Crippen molar-refractivity contribution in [2.24, 2.45) is 0 Å². The number of carbonyl (C=O) groups excluding carboxylic acids is 2. The van der Waals surface area contributed by atoms with Crippen LogP contribution in [-0.4, -0.2) is 23.5 Å². The van der Waals surface area contributed by atoms with Crippen LogP contribution < -0.4 is 10.6 Å². The summed E-state index contributed by atoms with van der Waals surface area (Å²) in [7, 11) is 0. The minimum absolute atomic E-state index is 0.175. The fourth-order valence-electron chi connectivity index (χ4n) is 2.00. The van der Waals surface area contributed by atoms with Gasteiger partial charge < -0.3 is 15.2 Å². The lowest BCUT2D eigenvalue weighted by Crippen LogP contribution is -2.22. The highest BCUT2D eigenvalue weighted by Crippen LogP contribution is 2.16. The lowest BCUT2D eigenvalue weighted by Gasteiger charge is -2.07. The van der Waals surface area contributed by atoms with E-state index in [1.54, 1.807) is 38.1 Å². The third-order valence-corrected chi connectivity index (χ3v) is 2.98. The molecule has 1 aromatic carbocycles. The van der Waals surface area contributed by atoms with Gasteiger partial charge in [-0.25, -0.2) is 0 Å². The van der Waals surface area contributed by atoms with Crippen molar-refractivity contribution in [2.75, 3.05) is 11.9 Å². The van der Waals surface area contributed by atoms with Gasteiger partial charge in [-0.05, 0) is 39.0 Å². The van der Waals surface area contributed by atoms with Gasteiger partial charge in [-0.15, -0.1) is 0 Å². The van der Waals surface area contributed by atoms with Crippen LogP contribution in [-0.2, 0) is 0 Å². The summed E-state index contributed by atoms with van der Waals surface area (Å²) in [6.07, 6.45) is 0. The predicted molar refractivity (Wildman–Crippen MR) is 78.4 cm³/mol. The number of amides is 2. The van der Waals surface area contributed by atoms with Crippen molar-refractivity contribution in [2.45, 2.75) is 20.8 Å². The molecule has 6 nitrogen and oxygen atoms in total. The van der Waals surface area contributed by atoms with E-state index in [0.29, 0.717) is 34.8 Å². The molecule has 0 unspecified atom stereocenters. The zero-order chi connectivity index (χ0) is 15.4. The molecule has 0 radical (unpaired) electrons. The van der Waals surface area contributed by atoms with E-state index in [9.17, 15) is 9.59 Å². The SMILES string of the molecule is CCNC(=O)c1cccc(NC(=O)c2c(C)noc2C)c1. The lowest BCUT2D eigenvalue weighted by molar-refractivity contribution is 0.0954. The number of carbonyl (C=O) groups is 2. The van der Waals surface area contributed by atoms with Crippen molar-refractivity contribution in [3.63, 3.8) is 0 Å². The number of aryl methyl sites for hydroxylation is 2. The van der Waals surface area contributed by atoms with E-state index < -0.39 is 0 Å². The van der Waals surface area contributed by atoms with Crippen LogP contribution in [0.2, 0.25) is 0 Å². The molecule has 1 aromatic heterocycles. The Labute approximate surface area is 122 Å². The number of hydrogen-bond acceptors (Lipinski definition) is 4. The third kappa shape index (κ3) is 3.28. The van der Waals surface area contributed by atoms with Crippen LogP contribution in [0, 0.1) is 13.8 Å². The van der Waals surface area contributed by atoms with Gasteiger partial charge in [-0.2, -0.15) is 0 Å². The molecular formula is C15H17N3O3. The van der Waals surface area contributed by atoms with E-state index in [4.69, 9.17) is 4.52 Å². The molecule has 0 atom stereocenters. The molecule has 0 bridgehead atoms. The minimum atomic E-state index is -0.306. The molecule has 0 fully saturated rings. The van der Waals surface area contributed by atoms with Crippen molar-refractivity contribution >= 4 is 17.5 Å². The number of aromatic nitrogens is 1. The number of anilines is 1. The molecule has 0 aliphatic carbocycles. The number of hydrogen-bond donors (Lipinski definition) is 2. The summed E-state index contributed by atoms with van der Waals surface area (Å²) in [4.78, 5) is 24.0. The molecule has 0 aliphatic rings. The van der Waals surface area contributed by atoms with Gasteiger partial charge in [0.25, 0.3) is 11.8 Å². The summed E-state index contributed by atoms with van der Waals surface area (Å²) in [5.74, 6) is -0.0184. The van der Waals surface area contributed by atoms with Crippen LogP contribution in [0.5, 0.6) is 0 Å². The van der Waals surface area contributed by atoms with Crippen LogP contribution in [0.4, 0.5) is 5.69 Å². The van der Waals surface area contributed by atoms with Crippen LogP contribution in [0.1, 0.15) is 39.1 Å². The first-order chi connectivity index (χ1) is 10.0. The maximum Gasteiger partial charge on any atom is 0.261 e. The van der Waals surface area contributed by atoms with Gasteiger partial charge in [-0.3, -0.25) is 9.59 Å². The average molecular weight is 287 g/mol. The van der Waals surface area contributed by atoms with Crippen LogP contribution in [0.25, 0.3) is 0 Å². The standard InChI is InChI=1S/C15H17N3O3/c1-4-16-14(19)11-6-5-7-12(8-11)17-15(20)13-9(2)18-21-10(13)3/h5-8H,4H2,1-3H3,(H,16,19)(H,17,20). The van der Waals surface area contributed by atoms with Gasteiger partial charge in [0.05, 0.1) is 5.69 Å². The van der Waals surface area contributed by atoms with E-state index >= 15 is 0 Å². The first-order valence-corrected chi connectivity index (χ1v) is 6.65. The molecule has 0 aliphatic heterocycles. The van der Waals surface area contributed by atoms with Crippen LogP contribution in [0.15, 0.2) is 28.8 Å². The maximum absolute atomic E-state index is 12.2. The van der Waals surface area contributed by atoms with Gasteiger partial charge in [0.1, 0.15) is 11.3 Å². The van der Waals surface area contributed by atoms with Gasteiger partial charge in [0, 0.05) is 17.8 Å². The van der Waals surface area contributed by atoms with Crippen molar-refractivity contribution in [3.05, 3.63) is 46.8 Å². The second kappa shape index (κ2) is 6.21. The molecule has 21 heavy (non-hydrogen) atoms. The Morgan fingerprint density at radius 1 is 1.24 bits per heavy atom. The second-order valence-corrected chi connectivity index (χ2v) is 4.59. The van der Waals surface area contributed by atoms with E-state index in [1.165, 1.54) is 0 Å². The zero-order valence-corrected chi connectivity index (χ0v) is 12.2. The topological polar surface area (TPSA) is 84.2 Å². The summed E-state index contributed by atoms with van der Waals surface area (Å²) in [6, 6.07) is 6.75. The highest BCUT2D eigenvalue weighted by atomic mass is 16.5. The monoisotopic (exact) mass is 287 g/mol. The Hall–Kier alpha value is -2.63. The van der Waals surface area contributed by atoms with Crippen molar-refractivity contribution < 1.29 is 14.1 Å². The fraction of sp³-hybridized carbons (Fsp3) is 0.267. The molecule has 6 heteroatoms. The van der Waals surface area contributed by atoms with E-state index in [1.807, 2.05) is 6.92 Å². The number of benzene rings is 1. The Kier molecular flexibility index (Phi) is 4.37. The van der Waals surface area contributed by atoms with E-state index in [2.05, 4.69) is 15.8 Å². The number of rotatable bonds is 4. The van der Waals surface area contributed by atoms with Crippen molar-refractivity contribution in [1.29, 1.82) is 0 Å². The molecule has 110 valence electrons. The maximum atomic E-state index is 12.2. The van der Waals surface area contributed by atoms with Crippen molar-refractivity contribution in [3.8, 4) is 0 Å². The highest BCUT2D eigenvalue weighted by Gasteiger charge is 2.17. The molecule has 0 spiro atoms. The van der Waals surface area contributed by atoms with Crippen LogP contribution in [0.3, 0.4) is 0 Å². The predicted octanol–water partition coefficient (Wildman–Crippen LogP) is 2.29. The average Bonchev–Trinajstić information content (AvgIpc) is 2.78. The Morgan fingerprint density at radius 2 is 2.00 bits per heavy atom. The Morgan fingerprint density at radius 3 is 2.62 bits per heavy atom. The zero-order valence-electron chi connectivity index (χ0n) is 12.2. The largest absolute Gasteiger partial charge is 0.361 e. The quantitative estimate of drug-likeness (QED) is 0.903. The molecule has 1 heterocycles. The van der Waals surface area contributed by atoms with Gasteiger partial charge >= 0.3 is 0 Å². The first kappa shape index (κ1) is 14.8. The highest BCUT2D eigenvalue weighted by molar-refractivity contribution is 6.06. The summed E-state index contributed by atoms with van der Waals surface area (Å²) >= 11 is 0. The number of nitrogens with zero attached hydrogens (tertiary/aromatic N) is 1. The van der Waals surface area contributed by atoms with E-state index in [0.717, 1.165) is 0 Å². The van der Waals surface area contributed by atoms with Gasteiger partial charge in [0.2, 0.25) is 0 Å². The molecule has 2 aromatic rings. The molecule has 2 amide bonds. The van der Waals surface area contributed by atoms with Crippen LogP contribution >= 0.6 is 0 Å². The molecule has 2 rings (SSSR count). The molecular weight excluding hydrogens is 270 g/mol. The van der Waals surface area contributed by atoms with E-state index in [-0.39, 0.29) is 11.8 Å². The van der Waals surface area contributed by atoms with Crippen molar-refractivity contribution in [1.82, 2.24) is 10.5 Å². The smallest absolute Gasteiger partial charge is 0.261 e. The number of nitrogens with one attached hydrogen (secondary N) is 2. The summed E-state index contributed by atoms with van der Waals surface area (Å²) < 4.78 is 4.97. The second-order valence-electron chi connectivity index (χ2n) is 4.59. The Bertz CT molecular complexity index is 657. The summed E-state index contributed by atoms with van der Waals surface area (Å²) in [5.41, 5.74) is 1.99. The molecule has 0 saturated heterocycles.